The number of hydrogen-bond donors (Lipinski definition) is 4. The first-order valence-electron chi connectivity index (χ1n) is 17.3. The third kappa shape index (κ3) is 25.0. The third-order valence-electron chi connectivity index (χ3n) is 6.58. The van der Waals surface area contributed by atoms with Gasteiger partial charge in [-0.3, -0.25) is 0 Å². The smallest absolute Gasteiger partial charge is 0.352 e. The molecule has 0 atom stereocenters. The topological polar surface area (TPSA) is 233 Å². The van der Waals surface area contributed by atoms with Crippen LogP contribution in [-0.4, -0.2) is 102 Å². The van der Waals surface area contributed by atoms with Gasteiger partial charge < -0.3 is 59.1 Å². The highest BCUT2D eigenvalue weighted by Gasteiger charge is 2.09. The maximum atomic E-state index is 8.93. The van der Waals surface area contributed by atoms with Crippen LogP contribution >= 0.6 is 116 Å². The summed E-state index contributed by atoms with van der Waals surface area (Å²) < 4.78 is 39.2. The van der Waals surface area contributed by atoms with E-state index in [1.54, 1.807) is 90.3 Å². The van der Waals surface area contributed by atoms with E-state index in [1.165, 1.54) is 14.2 Å². The Labute approximate surface area is 445 Å². The van der Waals surface area contributed by atoms with Crippen molar-refractivity contribution in [1.82, 2.24) is 29.9 Å². The number of methoxy groups -OCH3 is 7. The zero-order valence-corrected chi connectivity index (χ0v) is 46.6. The number of rotatable bonds is 8. The Bertz CT molecular complexity index is 2300. The number of halogens is 6. The molecule has 354 valence electrons. The summed E-state index contributed by atoms with van der Waals surface area (Å²) in [6.07, 6.45) is 1.60. The molecule has 0 saturated carbocycles. The summed E-state index contributed by atoms with van der Waals surface area (Å²) in [7, 11) is 11.9. The van der Waals surface area contributed by atoms with Crippen LogP contribution < -0.4 is 38.9 Å². The van der Waals surface area contributed by atoms with Gasteiger partial charge in [-0.1, -0.05) is 19.0 Å². The zero-order valence-electron chi connectivity index (χ0n) is 35.4. The zero-order chi connectivity index (χ0) is 48.6. The Kier molecular flexibility index (Phi) is 36.2. The van der Waals surface area contributed by atoms with Crippen molar-refractivity contribution in [2.45, 2.75) is 14.0 Å². The van der Waals surface area contributed by atoms with E-state index in [9.17, 15) is 0 Å². The van der Waals surface area contributed by atoms with Gasteiger partial charge in [-0.05, 0) is 188 Å². The second kappa shape index (κ2) is 37.3. The van der Waals surface area contributed by atoms with Gasteiger partial charge in [0.25, 0.3) is 17.6 Å². The minimum absolute atomic E-state index is 0. The van der Waals surface area contributed by atoms with Crippen LogP contribution in [0, 0.1) is 17.7 Å². The van der Waals surface area contributed by atoms with Crippen molar-refractivity contribution in [2.75, 3.05) is 56.9 Å². The third-order valence-corrected chi connectivity index (χ3v) is 10.1. The Morgan fingerprint density at radius 2 is 0.954 bits per heavy atom. The van der Waals surface area contributed by atoms with Gasteiger partial charge in [0, 0.05) is 19.9 Å². The summed E-state index contributed by atoms with van der Waals surface area (Å²) in [5, 5.41) is 24.7. The molecule has 65 heavy (non-hydrogen) atoms. The summed E-state index contributed by atoms with van der Waals surface area (Å²) in [4.78, 5) is 27.0. The van der Waals surface area contributed by atoms with E-state index in [4.69, 9.17) is 60.8 Å². The molecule has 0 aliphatic heterocycles. The second-order valence-corrected chi connectivity index (χ2v) is 16.0. The largest absolute Gasteiger partial charge is 0.505 e. The molecule has 0 radical (unpaired) electrons. The SMILES string of the molecule is C.CO.COc1ccc(CN)nc1OC.COc1ccc(I)nc1Br.COc1ccc(I)nc1OC.Oc1ccc(I)nc1Br.Oc1cccnc1Br.[C-]#[N+]c1ccc(OC)c(OC)n1. The fourth-order valence-electron chi connectivity index (χ4n) is 3.70. The van der Waals surface area contributed by atoms with Crippen molar-refractivity contribution in [3.8, 4) is 52.1 Å². The monoisotopic (exact) mass is 1430 g/mol. The van der Waals surface area contributed by atoms with Gasteiger partial charge in [0.15, 0.2) is 17.2 Å². The lowest BCUT2D eigenvalue weighted by atomic mass is 10.3. The van der Waals surface area contributed by atoms with E-state index in [-0.39, 0.29) is 18.9 Å². The second-order valence-electron chi connectivity index (χ2n) is 10.4. The van der Waals surface area contributed by atoms with Gasteiger partial charge in [0.2, 0.25) is 5.75 Å². The molecule has 24 heteroatoms. The molecule has 6 aromatic heterocycles. The van der Waals surface area contributed by atoms with Gasteiger partial charge in [-0.15, -0.1) is 0 Å². The van der Waals surface area contributed by atoms with Crippen molar-refractivity contribution in [2.24, 2.45) is 5.73 Å². The lowest BCUT2D eigenvalue weighted by molar-refractivity contribution is 0.342. The highest BCUT2D eigenvalue weighted by molar-refractivity contribution is 14.1. The van der Waals surface area contributed by atoms with Gasteiger partial charge >= 0.3 is 5.88 Å². The molecule has 6 heterocycles. The number of nitrogens with two attached hydrogens (primary N) is 1. The Morgan fingerprint density at radius 1 is 0.538 bits per heavy atom. The van der Waals surface area contributed by atoms with Crippen LogP contribution in [0.5, 0.6) is 52.1 Å². The molecule has 18 nitrogen and oxygen atoms in total. The van der Waals surface area contributed by atoms with Crippen molar-refractivity contribution >= 4 is 121 Å². The molecule has 0 aliphatic carbocycles. The Balaban J connectivity index is 0. The Morgan fingerprint density at radius 3 is 1.35 bits per heavy atom. The van der Waals surface area contributed by atoms with Crippen LogP contribution in [0.2, 0.25) is 0 Å². The highest BCUT2D eigenvalue weighted by Crippen LogP contribution is 2.28. The van der Waals surface area contributed by atoms with Crippen LogP contribution in [0.4, 0.5) is 5.82 Å². The van der Waals surface area contributed by atoms with Gasteiger partial charge in [-0.25, -0.2) is 24.9 Å². The quantitative estimate of drug-likeness (QED) is 0.0630. The van der Waals surface area contributed by atoms with E-state index in [2.05, 4.69) is 150 Å². The predicted molar refractivity (Wildman–Crippen MR) is 285 cm³/mol. The number of pyridine rings is 6. The van der Waals surface area contributed by atoms with Crippen LogP contribution in [-0.2, 0) is 6.54 Å². The van der Waals surface area contributed by atoms with E-state index in [0.717, 1.165) is 34.3 Å². The molecule has 0 saturated heterocycles. The molecule has 6 aromatic rings. The molecule has 0 spiro atoms. The summed E-state index contributed by atoms with van der Waals surface area (Å²) >= 11 is 15.7. The molecule has 0 aliphatic rings. The van der Waals surface area contributed by atoms with Crippen LogP contribution in [0.15, 0.2) is 92.8 Å². The van der Waals surface area contributed by atoms with Crippen LogP contribution in [0.3, 0.4) is 0 Å². The lowest BCUT2D eigenvalue weighted by Gasteiger charge is -2.06. The van der Waals surface area contributed by atoms with Crippen LogP contribution in [0.1, 0.15) is 13.1 Å². The highest BCUT2D eigenvalue weighted by atomic mass is 127. The minimum atomic E-state index is 0. The maximum Gasteiger partial charge on any atom is 0.352 e. The summed E-state index contributed by atoms with van der Waals surface area (Å²) in [5.74, 6) is 4.56. The number of hydrogen-bond acceptors (Lipinski definition) is 17. The normalized spacial score (nSPS) is 8.97. The standard InChI is InChI=1S/C8H8N2O2.C8H12N2O2.C7H8INO2.C6H5BrINO.C5H3BrINO.C5H4BrNO.CH4O.CH4/c1-9-7-5-4-6(11-2)8(10-7)12-3;1-11-7-4-3-6(5-9)10-8(7)12-2;1-10-5-3-4-6(8)9-7(5)11-2;1-10-4-2-3-5(8)9-6(4)7;6-5-3(9)1-2-4(7)8-5;6-5-4(8)2-1-3-7-5;1-2;/h4-5H,2-3H3;3-4H,5,9H2,1-2H3;3-4H,1-2H3;2-3H,1H3;1-2,9H;1-3,8H;2H,1H3;1H4. The minimum Gasteiger partial charge on any atom is -0.505 e. The number of aromatic nitrogens is 6. The van der Waals surface area contributed by atoms with Gasteiger partial charge in [0.05, 0.1) is 55.5 Å². The van der Waals surface area contributed by atoms with Gasteiger partial charge in [-0.2, -0.15) is 0 Å². The maximum absolute atomic E-state index is 8.93. The summed E-state index contributed by atoms with van der Waals surface area (Å²) in [5.41, 5.74) is 6.19. The number of ether oxygens (including phenoxy) is 7. The van der Waals surface area contributed by atoms with Crippen molar-refractivity contribution in [3.63, 3.8) is 0 Å². The molecular weight excluding hydrogens is 1380 g/mol. The fourth-order valence-corrected chi connectivity index (χ4v) is 6.67. The van der Waals surface area contributed by atoms with Crippen LogP contribution in [0.25, 0.3) is 4.85 Å². The first-order chi connectivity index (χ1) is 30.6. The predicted octanol–water partition coefficient (Wildman–Crippen LogP) is 10.3. The molecule has 0 bridgehead atoms. The van der Waals surface area contributed by atoms with Crippen molar-refractivity contribution in [1.29, 1.82) is 0 Å². The van der Waals surface area contributed by atoms with E-state index < -0.39 is 0 Å². The molecular formula is C41H48Br3I3N8O10. The first kappa shape index (κ1) is 63.2. The Hall–Kier alpha value is -3.86. The fraction of sp³-hybridized carbons (Fsp3) is 0.244. The van der Waals surface area contributed by atoms with E-state index >= 15 is 0 Å². The number of aliphatic hydroxyl groups is 1. The average Bonchev–Trinajstić information content (AvgIpc) is 3.32. The number of nitrogens with zero attached hydrogens (tertiary/aromatic N) is 7. The van der Waals surface area contributed by atoms with E-state index in [1.807, 2.05) is 24.3 Å². The molecule has 0 fully saturated rings. The number of aromatic hydroxyl groups is 2. The molecule has 6 rings (SSSR count). The molecule has 0 amide bonds. The average molecular weight is 1430 g/mol. The molecule has 5 N–H and O–H groups in total. The summed E-state index contributed by atoms with van der Waals surface area (Å²) in [6.45, 7) is 7.11. The number of aliphatic hydroxyl groups excluding tert-OH is 1. The first-order valence-corrected chi connectivity index (χ1v) is 22.9. The molecule has 0 unspecified atom stereocenters. The van der Waals surface area contributed by atoms with Gasteiger partial charge in [0.1, 0.15) is 36.4 Å². The van der Waals surface area contributed by atoms with E-state index in [0.29, 0.717) is 56.5 Å². The lowest BCUT2D eigenvalue weighted by Crippen LogP contribution is -2.01. The van der Waals surface area contributed by atoms with Crippen molar-refractivity contribution < 1.29 is 48.5 Å². The summed E-state index contributed by atoms with van der Waals surface area (Å²) in [6, 6.07) is 20.8. The van der Waals surface area contributed by atoms with Crippen molar-refractivity contribution in [3.05, 3.63) is 121 Å². The molecule has 0 aromatic carbocycles.